The maximum atomic E-state index is 8.49. The second-order valence-corrected chi connectivity index (χ2v) is 11.9. The molecule has 22 nitrogen and oxygen atoms in total. The summed E-state index contributed by atoms with van der Waals surface area (Å²) in [7, 11) is -14.8. The van der Waals surface area contributed by atoms with Crippen LogP contribution in [0.1, 0.15) is 26.2 Å². The fourth-order valence-corrected chi connectivity index (χ4v) is 3.86. The maximum absolute atomic E-state index is 8.49. The van der Waals surface area contributed by atoms with Crippen molar-refractivity contribution in [2.45, 2.75) is 26.2 Å². The molecule has 2 radical (unpaired) electrons. The van der Waals surface area contributed by atoms with Crippen molar-refractivity contribution in [1.29, 1.82) is 5.26 Å². The van der Waals surface area contributed by atoms with Gasteiger partial charge in [-0.15, -0.1) is 30.7 Å². The van der Waals surface area contributed by atoms with E-state index in [-0.39, 0.29) is 39.6 Å². The van der Waals surface area contributed by atoms with Crippen LogP contribution in [0.4, 0.5) is 0 Å². The van der Waals surface area contributed by atoms with E-state index in [1.807, 2.05) is 0 Å². The number of fused-ring (bicyclic) bond motifs is 24. The molecular weight excluding hydrogens is 844 g/mol. The Balaban J connectivity index is -0.000000191. The van der Waals surface area contributed by atoms with Crippen LogP contribution in [0.25, 0.3) is 0 Å². The SMILES string of the molecule is C1CNCCN2CCNCCCNCCN(CCNC1)CCNCCCNCC2.CC#N.[Cu+2].[Cu+2].[O-][Cl+3]([O-])([O-])[O-].[O-][Cl+3]([O-])([O-])[O-].[O-][Cl+3]([O-])([O-])[O-].[OH-]. The maximum Gasteiger partial charge on any atom is 2.00 e. The van der Waals surface area contributed by atoms with Gasteiger partial charge in [0.1, 0.15) is 0 Å². The molecule has 2 bridgehead atoms. The molecule has 3 saturated heterocycles. The number of halogens is 3. The van der Waals surface area contributed by atoms with E-state index in [1.54, 1.807) is 6.07 Å². The van der Waals surface area contributed by atoms with Gasteiger partial charge in [0.05, 0.1) is 6.07 Å². The zero-order chi connectivity index (χ0) is 36.5. The van der Waals surface area contributed by atoms with Crippen molar-refractivity contribution in [2.75, 3.05) is 118 Å². The van der Waals surface area contributed by atoms with Crippen molar-refractivity contribution in [3.8, 4) is 6.07 Å². The molecule has 0 aromatic rings. The number of hydrogen-bond donors (Lipinski definition) is 6. The fourth-order valence-electron chi connectivity index (χ4n) is 3.86. The molecule has 0 aromatic carbocycles. The van der Waals surface area contributed by atoms with E-state index in [0.717, 1.165) is 118 Å². The molecule has 3 aliphatic heterocycles. The molecular formula is C23H52Cl3Cu2N9O13. The third-order valence-corrected chi connectivity index (χ3v) is 5.75. The Hall–Kier alpha value is 0.559. The molecule has 7 N–H and O–H groups in total. The summed E-state index contributed by atoms with van der Waals surface area (Å²) in [6.45, 7) is 21.4. The molecule has 27 heteroatoms. The zero-order valence-electron chi connectivity index (χ0n) is 27.8. The Kier molecular flexibility index (Phi) is 52.9. The first-order valence-corrected chi connectivity index (χ1v) is 18.4. The van der Waals surface area contributed by atoms with Gasteiger partial charge in [0.2, 0.25) is 0 Å². The zero-order valence-corrected chi connectivity index (χ0v) is 31.9. The van der Waals surface area contributed by atoms with Gasteiger partial charge >= 0.3 is 34.1 Å². The van der Waals surface area contributed by atoms with Crippen molar-refractivity contribution < 1.29 is 126 Å². The summed E-state index contributed by atoms with van der Waals surface area (Å²) in [6, 6.07) is 1.75. The van der Waals surface area contributed by atoms with Crippen molar-refractivity contribution in [3.63, 3.8) is 0 Å². The summed E-state index contributed by atoms with van der Waals surface area (Å²) in [6.07, 6.45) is 3.60. The molecule has 0 spiro atoms. The van der Waals surface area contributed by atoms with Gasteiger partial charge in [0, 0.05) is 85.5 Å². The van der Waals surface area contributed by atoms with Crippen LogP contribution in [0.15, 0.2) is 0 Å². The van der Waals surface area contributed by atoms with Gasteiger partial charge in [-0.1, -0.05) is 0 Å². The molecule has 0 aliphatic carbocycles. The Morgan fingerprint density at radius 2 is 0.520 bits per heavy atom. The van der Waals surface area contributed by atoms with Crippen LogP contribution < -0.4 is 87.8 Å². The van der Waals surface area contributed by atoms with E-state index in [0.29, 0.717) is 0 Å². The molecule has 310 valence electrons. The van der Waals surface area contributed by atoms with Gasteiger partial charge in [0.25, 0.3) is 0 Å². The monoisotopic (exact) mass is 893 g/mol. The standard InChI is InChI=1S/C21H48N8.C2H3N.3ClHO4.2Cu.H2O/c1-4-22-10-16-28-18-12-24-6-2-7-25-13-19-29(17-11-23-5-1)21-15-27-9-3-8-26-14-20-28;1-2-3;3*2-1(3,4)5;;;/h22-27H,1-21H2;1H3;3*(H,2,3,4,5);;;1H2/q;;;;;2*+2;/p-4. The van der Waals surface area contributed by atoms with E-state index in [9.17, 15) is 0 Å². The largest absolute Gasteiger partial charge is 2.00 e. The van der Waals surface area contributed by atoms with Crippen LogP contribution in [-0.2, 0) is 34.1 Å². The Morgan fingerprint density at radius 3 is 0.640 bits per heavy atom. The van der Waals surface area contributed by atoms with Gasteiger partial charge in [0.15, 0.2) is 0 Å². The van der Waals surface area contributed by atoms with Crippen LogP contribution in [0.5, 0.6) is 0 Å². The summed E-state index contributed by atoms with van der Waals surface area (Å²) in [5.74, 6) is 0. The minimum atomic E-state index is -4.94. The van der Waals surface area contributed by atoms with Crippen LogP contribution >= 0.6 is 0 Å². The summed E-state index contributed by atoms with van der Waals surface area (Å²) in [5, 5.41) is 29.1. The quantitative estimate of drug-likeness (QED) is 0.123. The van der Waals surface area contributed by atoms with Crippen molar-refractivity contribution in [3.05, 3.63) is 0 Å². The predicted molar refractivity (Wildman–Crippen MR) is 137 cm³/mol. The topological polar surface area (TPSA) is 409 Å². The van der Waals surface area contributed by atoms with Gasteiger partial charge in [-0.3, -0.25) is 9.80 Å². The first kappa shape index (κ1) is 62.5. The number of hydrogen-bond acceptors (Lipinski definition) is 22. The second-order valence-electron chi connectivity index (χ2n) is 9.60. The number of nitrogens with one attached hydrogen (secondary N) is 6. The van der Waals surface area contributed by atoms with Crippen LogP contribution in [0.3, 0.4) is 0 Å². The third kappa shape index (κ3) is 82.2. The Labute approximate surface area is 322 Å². The van der Waals surface area contributed by atoms with E-state index in [2.05, 4.69) is 41.7 Å². The minimum Gasteiger partial charge on any atom is -0.870 e. The van der Waals surface area contributed by atoms with Gasteiger partial charge < -0.3 is 37.4 Å². The van der Waals surface area contributed by atoms with Crippen LogP contribution in [0.2, 0.25) is 0 Å². The first-order chi connectivity index (χ1) is 21.9. The average molecular weight is 896 g/mol. The summed E-state index contributed by atoms with van der Waals surface area (Å²) in [4.78, 5) is 5.18. The van der Waals surface area contributed by atoms with Crippen molar-refractivity contribution in [1.82, 2.24) is 41.7 Å². The van der Waals surface area contributed by atoms with Gasteiger partial charge in [-0.2, -0.15) is 5.26 Å². The minimum absolute atomic E-state index is 0. The Morgan fingerprint density at radius 1 is 0.400 bits per heavy atom. The molecule has 0 unspecified atom stereocenters. The molecule has 50 heavy (non-hydrogen) atoms. The molecule has 3 rings (SSSR count). The molecule has 3 aliphatic rings. The van der Waals surface area contributed by atoms with Crippen molar-refractivity contribution in [2.24, 2.45) is 0 Å². The van der Waals surface area contributed by atoms with Gasteiger partial charge in [-0.05, 0) is 58.5 Å². The molecule has 0 aromatic heterocycles. The second kappa shape index (κ2) is 42.3. The number of rotatable bonds is 0. The van der Waals surface area contributed by atoms with E-state index in [1.165, 1.54) is 26.2 Å². The molecule has 3 heterocycles. The van der Waals surface area contributed by atoms with E-state index < -0.39 is 30.7 Å². The summed E-state index contributed by atoms with van der Waals surface area (Å²) in [5.41, 5.74) is 0. The van der Waals surface area contributed by atoms with Crippen LogP contribution in [0, 0.1) is 42.1 Å². The number of nitriles is 1. The molecule has 0 saturated carbocycles. The van der Waals surface area contributed by atoms with Crippen LogP contribution in [-0.4, -0.2) is 133 Å². The predicted octanol–water partition coefficient (Wildman–Crippen LogP) is -15.6. The first-order valence-electron chi connectivity index (χ1n) is 14.7. The normalized spacial score (nSPS) is 21.0. The van der Waals surface area contributed by atoms with Crippen molar-refractivity contribution >= 4 is 0 Å². The molecule has 0 atom stereocenters. The third-order valence-electron chi connectivity index (χ3n) is 5.75. The molecule has 3 fully saturated rings. The average Bonchev–Trinajstić information content (AvgIpc) is 2.90. The van der Waals surface area contributed by atoms with E-state index >= 15 is 0 Å². The summed E-state index contributed by atoms with van der Waals surface area (Å²) >= 11 is 0. The van der Waals surface area contributed by atoms with Gasteiger partial charge in [-0.25, -0.2) is 55.9 Å². The summed E-state index contributed by atoms with van der Waals surface area (Å²) < 4.78 is 102. The molecule has 0 amide bonds. The Bertz CT molecular complexity index is 593. The smallest absolute Gasteiger partial charge is 0.870 e. The number of nitrogens with zero attached hydrogens (tertiary/aromatic N) is 3. The fraction of sp³-hybridized carbons (Fsp3) is 0.957. The van der Waals surface area contributed by atoms with E-state index in [4.69, 9.17) is 61.2 Å².